The summed E-state index contributed by atoms with van der Waals surface area (Å²) in [5, 5.41) is 0. The Labute approximate surface area is 54.5 Å². The van der Waals surface area contributed by atoms with Crippen LogP contribution in [0.2, 0.25) is 0 Å². The average Bonchev–Trinajstić information content (AvgIpc) is 2.39. The van der Waals surface area contributed by atoms with Gasteiger partial charge in [-0.1, -0.05) is 13.3 Å². The molecule has 2 bridgehead atoms. The molecule has 9 heavy (non-hydrogen) atoms. The standard InChI is InChI=1S/C7H10N2/c1-2-3-7-6-4-9(7)5-8-6/h4-5,7H,2-3H2,1H3. The van der Waals surface area contributed by atoms with Crippen LogP contribution in [0.5, 0.6) is 0 Å². The number of nitrogens with zero attached hydrogens (tertiary/aromatic N) is 2. The van der Waals surface area contributed by atoms with E-state index in [1.807, 2.05) is 6.33 Å². The van der Waals surface area contributed by atoms with Crippen LogP contribution in [0.3, 0.4) is 0 Å². The van der Waals surface area contributed by atoms with Crippen molar-refractivity contribution in [1.82, 2.24) is 9.55 Å². The van der Waals surface area contributed by atoms with Crippen molar-refractivity contribution in [2.45, 2.75) is 25.8 Å². The van der Waals surface area contributed by atoms with Crippen molar-refractivity contribution >= 4 is 0 Å². The van der Waals surface area contributed by atoms with Crippen molar-refractivity contribution in [1.29, 1.82) is 0 Å². The number of fused-ring (bicyclic) bond motifs is 1. The minimum Gasteiger partial charge on any atom is -0.328 e. The zero-order chi connectivity index (χ0) is 6.27. The molecule has 2 aliphatic rings. The molecule has 0 saturated carbocycles. The summed E-state index contributed by atoms with van der Waals surface area (Å²) in [5.74, 6) is 0. The molecule has 48 valence electrons. The number of hydrogen-bond donors (Lipinski definition) is 0. The van der Waals surface area contributed by atoms with E-state index in [1.165, 1.54) is 18.5 Å². The van der Waals surface area contributed by atoms with Gasteiger partial charge in [0.25, 0.3) is 0 Å². The Morgan fingerprint density at radius 2 is 2.67 bits per heavy atom. The molecule has 0 aromatic carbocycles. The fourth-order valence-electron chi connectivity index (χ4n) is 1.34. The maximum absolute atomic E-state index is 4.17. The molecule has 2 aliphatic heterocycles. The molecule has 2 nitrogen and oxygen atoms in total. The molecule has 0 aliphatic carbocycles. The molecule has 2 heteroatoms. The molecule has 1 atom stereocenters. The maximum Gasteiger partial charge on any atom is 0.0956 e. The van der Waals surface area contributed by atoms with Crippen LogP contribution in [-0.4, -0.2) is 9.55 Å². The van der Waals surface area contributed by atoms with Crippen molar-refractivity contribution in [2.24, 2.45) is 0 Å². The Balaban J connectivity index is 2.12. The number of hydrogen-bond acceptors (Lipinski definition) is 1. The van der Waals surface area contributed by atoms with Gasteiger partial charge in [-0.2, -0.15) is 0 Å². The molecule has 1 aromatic heterocycles. The van der Waals surface area contributed by atoms with Crippen molar-refractivity contribution in [2.75, 3.05) is 0 Å². The van der Waals surface area contributed by atoms with E-state index in [4.69, 9.17) is 0 Å². The monoisotopic (exact) mass is 122 g/mol. The van der Waals surface area contributed by atoms with E-state index in [9.17, 15) is 0 Å². The predicted molar refractivity (Wildman–Crippen MR) is 35.3 cm³/mol. The SMILES string of the molecule is CCCC1c2cn1cn2. The average molecular weight is 122 g/mol. The van der Waals surface area contributed by atoms with Gasteiger partial charge in [0.1, 0.15) is 0 Å². The van der Waals surface area contributed by atoms with Crippen molar-refractivity contribution in [3.05, 3.63) is 18.2 Å². The van der Waals surface area contributed by atoms with E-state index in [2.05, 4.69) is 22.7 Å². The molecule has 0 saturated heterocycles. The summed E-state index contributed by atoms with van der Waals surface area (Å²) in [4.78, 5) is 4.17. The van der Waals surface area contributed by atoms with E-state index in [0.29, 0.717) is 6.04 Å². The highest BCUT2D eigenvalue weighted by Crippen LogP contribution is 2.30. The molecular formula is C7H10N2. The summed E-state index contributed by atoms with van der Waals surface area (Å²) >= 11 is 0. The first-order chi connectivity index (χ1) is 4.42. The van der Waals surface area contributed by atoms with E-state index in [0.717, 1.165) is 0 Å². The Kier molecular flexibility index (Phi) is 0.891. The van der Waals surface area contributed by atoms with Gasteiger partial charge in [-0.15, -0.1) is 0 Å². The molecule has 0 fully saturated rings. The van der Waals surface area contributed by atoms with Gasteiger partial charge in [0.15, 0.2) is 0 Å². The summed E-state index contributed by atoms with van der Waals surface area (Å²) in [6, 6.07) is 0.648. The largest absolute Gasteiger partial charge is 0.328 e. The van der Waals surface area contributed by atoms with Crippen LogP contribution >= 0.6 is 0 Å². The number of rotatable bonds is 2. The Morgan fingerprint density at radius 3 is 3.11 bits per heavy atom. The quantitative estimate of drug-likeness (QED) is 0.582. The number of aromatic nitrogens is 2. The molecule has 3 heterocycles. The fourth-order valence-corrected chi connectivity index (χ4v) is 1.34. The van der Waals surface area contributed by atoms with Crippen molar-refractivity contribution < 1.29 is 0 Å². The third-order valence-electron chi connectivity index (χ3n) is 1.88. The predicted octanol–water partition coefficient (Wildman–Crippen LogP) is 1.59. The van der Waals surface area contributed by atoms with E-state index in [-0.39, 0.29) is 0 Å². The van der Waals surface area contributed by atoms with Gasteiger partial charge in [0.2, 0.25) is 0 Å². The fraction of sp³-hybridized carbons (Fsp3) is 0.571. The summed E-state index contributed by atoms with van der Waals surface area (Å²) in [6.45, 7) is 2.21. The molecule has 0 amide bonds. The first-order valence-corrected chi connectivity index (χ1v) is 3.45. The van der Waals surface area contributed by atoms with Gasteiger partial charge in [0, 0.05) is 6.20 Å². The number of imidazole rings is 1. The third kappa shape index (κ3) is 0.530. The second-order valence-electron chi connectivity index (χ2n) is 2.55. The van der Waals surface area contributed by atoms with Crippen LogP contribution in [0.1, 0.15) is 31.5 Å². The first-order valence-electron chi connectivity index (χ1n) is 3.45. The van der Waals surface area contributed by atoms with Gasteiger partial charge in [0.05, 0.1) is 18.1 Å². The third-order valence-corrected chi connectivity index (χ3v) is 1.88. The van der Waals surface area contributed by atoms with Crippen LogP contribution in [0.4, 0.5) is 0 Å². The summed E-state index contributed by atoms with van der Waals surface area (Å²) in [6.07, 6.45) is 6.52. The molecule has 1 aromatic rings. The molecule has 0 spiro atoms. The first kappa shape index (κ1) is 5.03. The van der Waals surface area contributed by atoms with Gasteiger partial charge >= 0.3 is 0 Å². The zero-order valence-electron chi connectivity index (χ0n) is 5.54. The summed E-state index contributed by atoms with van der Waals surface area (Å²) in [7, 11) is 0. The highest BCUT2D eigenvalue weighted by Gasteiger charge is 2.23. The molecular weight excluding hydrogens is 112 g/mol. The Hall–Kier alpha value is -0.790. The molecule has 0 radical (unpaired) electrons. The lowest BCUT2D eigenvalue weighted by molar-refractivity contribution is 0.497. The van der Waals surface area contributed by atoms with Crippen LogP contribution < -0.4 is 0 Å². The minimum absolute atomic E-state index is 0.648. The summed E-state index contributed by atoms with van der Waals surface area (Å²) < 4.78 is 2.18. The molecule has 0 N–H and O–H groups in total. The van der Waals surface area contributed by atoms with Gasteiger partial charge in [-0.3, -0.25) is 0 Å². The van der Waals surface area contributed by atoms with Crippen molar-refractivity contribution in [3.63, 3.8) is 0 Å². The zero-order valence-corrected chi connectivity index (χ0v) is 5.54. The van der Waals surface area contributed by atoms with Gasteiger partial charge < -0.3 is 4.57 Å². The maximum atomic E-state index is 4.17. The lowest BCUT2D eigenvalue weighted by atomic mass is 10.1. The van der Waals surface area contributed by atoms with Crippen LogP contribution in [0.15, 0.2) is 12.5 Å². The van der Waals surface area contributed by atoms with E-state index in [1.54, 1.807) is 0 Å². The lowest BCUT2D eigenvalue weighted by Crippen LogP contribution is -2.13. The van der Waals surface area contributed by atoms with E-state index < -0.39 is 0 Å². The Morgan fingerprint density at radius 1 is 1.78 bits per heavy atom. The van der Waals surface area contributed by atoms with Gasteiger partial charge in [-0.05, 0) is 6.42 Å². The van der Waals surface area contributed by atoms with Crippen LogP contribution in [0.25, 0.3) is 0 Å². The molecule has 1 unspecified atom stereocenters. The second-order valence-corrected chi connectivity index (χ2v) is 2.55. The lowest BCUT2D eigenvalue weighted by Gasteiger charge is -2.19. The van der Waals surface area contributed by atoms with Gasteiger partial charge in [-0.25, -0.2) is 4.98 Å². The summed E-state index contributed by atoms with van der Waals surface area (Å²) in [5.41, 5.74) is 1.27. The Bertz CT molecular complexity index is 188. The normalized spacial score (nSPS) is 21.7. The topological polar surface area (TPSA) is 17.8 Å². The molecule has 3 rings (SSSR count). The van der Waals surface area contributed by atoms with Crippen LogP contribution in [0, 0.1) is 0 Å². The second kappa shape index (κ2) is 1.59. The highest BCUT2D eigenvalue weighted by molar-refractivity contribution is 5.16. The van der Waals surface area contributed by atoms with Crippen LogP contribution in [-0.2, 0) is 0 Å². The van der Waals surface area contributed by atoms with Crippen molar-refractivity contribution in [3.8, 4) is 0 Å². The highest BCUT2D eigenvalue weighted by atomic mass is 15.2. The smallest absolute Gasteiger partial charge is 0.0956 e. The minimum atomic E-state index is 0.648. The van der Waals surface area contributed by atoms with E-state index >= 15 is 0 Å².